The molecule has 1 aliphatic heterocycles. The first-order valence-electron chi connectivity index (χ1n) is 7.45. The molecule has 1 fully saturated rings. The van der Waals surface area contributed by atoms with Gasteiger partial charge in [-0.3, -0.25) is 9.80 Å². The third kappa shape index (κ3) is 4.04. The Hall–Kier alpha value is -0.910. The van der Waals surface area contributed by atoms with E-state index < -0.39 is 0 Å². The smallest absolute Gasteiger partial charge is 0.122 e. The van der Waals surface area contributed by atoms with E-state index in [1.165, 1.54) is 0 Å². The van der Waals surface area contributed by atoms with Crippen molar-refractivity contribution in [2.75, 3.05) is 32.7 Å². The van der Waals surface area contributed by atoms with Crippen LogP contribution in [0.1, 0.15) is 26.6 Å². The standard InChI is InChI=1S/C15H28N4O/c1-15(2,3)13(20)11-18-7-9-19(10-8-18)12-14-16-5-6-17(14)4/h5-6,13,20H,7-12H2,1-4H3/t13-/m1/s1. The molecule has 0 spiro atoms. The summed E-state index contributed by atoms with van der Waals surface area (Å²) in [6, 6.07) is 0. The highest BCUT2D eigenvalue weighted by Crippen LogP contribution is 2.20. The first-order chi connectivity index (χ1) is 9.36. The lowest BCUT2D eigenvalue weighted by Crippen LogP contribution is -2.50. The van der Waals surface area contributed by atoms with Crippen LogP contribution >= 0.6 is 0 Å². The second-order valence-corrected chi connectivity index (χ2v) is 6.91. The fraction of sp³-hybridized carbons (Fsp3) is 0.800. The Balaban J connectivity index is 1.77. The number of β-amino-alcohol motifs (C(OH)–C–C–N with tert-alkyl or cyclic N) is 1. The van der Waals surface area contributed by atoms with Crippen molar-refractivity contribution in [3.8, 4) is 0 Å². The van der Waals surface area contributed by atoms with Crippen molar-refractivity contribution in [2.45, 2.75) is 33.4 Å². The fourth-order valence-electron chi connectivity index (χ4n) is 2.40. The minimum Gasteiger partial charge on any atom is -0.391 e. The van der Waals surface area contributed by atoms with Crippen LogP contribution in [-0.2, 0) is 13.6 Å². The maximum absolute atomic E-state index is 10.2. The van der Waals surface area contributed by atoms with E-state index in [-0.39, 0.29) is 11.5 Å². The quantitative estimate of drug-likeness (QED) is 0.892. The van der Waals surface area contributed by atoms with Gasteiger partial charge in [0.2, 0.25) is 0 Å². The van der Waals surface area contributed by atoms with Crippen molar-refractivity contribution in [1.82, 2.24) is 19.4 Å². The van der Waals surface area contributed by atoms with Gasteiger partial charge in [0.15, 0.2) is 0 Å². The van der Waals surface area contributed by atoms with Gasteiger partial charge in [0.05, 0.1) is 12.6 Å². The molecule has 1 aromatic rings. The van der Waals surface area contributed by atoms with Crippen molar-refractivity contribution >= 4 is 0 Å². The molecule has 0 saturated carbocycles. The van der Waals surface area contributed by atoms with Crippen LogP contribution in [0, 0.1) is 5.41 Å². The maximum atomic E-state index is 10.2. The molecule has 1 aromatic heterocycles. The minimum absolute atomic E-state index is 0.0376. The number of hydrogen-bond donors (Lipinski definition) is 1. The third-order valence-corrected chi connectivity index (χ3v) is 4.18. The average molecular weight is 280 g/mol. The first-order valence-corrected chi connectivity index (χ1v) is 7.45. The molecule has 5 heteroatoms. The Kier molecular flexibility index (Phi) is 4.83. The van der Waals surface area contributed by atoms with Crippen LogP contribution in [0.4, 0.5) is 0 Å². The Labute approximate surface area is 122 Å². The number of rotatable bonds is 4. The van der Waals surface area contributed by atoms with Crippen LogP contribution in [0.3, 0.4) is 0 Å². The van der Waals surface area contributed by atoms with E-state index in [9.17, 15) is 5.11 Å². The molecule has 2 heterocycles. The van der Waals surface area contributed by atoms with Gasteiger partial charge in [-0.05, 0) is 5.41 Å². The van der Waals surface area contributed by atoms with Gasteiger partial charge in [0, 0.05) is 52.2 Å². The predicted molar refractivity (Wildman–Crippen MR) is 80.4 cm³/mol. The summed E-state index contributed by atoms with van der Waals surface area (Å²) in [5, 5.41) is 10.2. The number of nitrogens with zero attached hydrogens (tertiary/aromatic N) is 4. The highest BCUT2D eigenvalue weighted by atomic mass is 16.3. The van der Waals surface area contributed by atoms with Crippen molar-refractivity contribution in [1.29, 1.82) is 0 Å². The van der Waals surface area contributed by atoms with Crippen molar-refractivity contribution < 1.29 is 5.11 Å². The second kappa shape index (κ2) is 6.24. The first kappa shape index (κ1) is 15.5. The SMILES string of the molecule is Cn1ccnc1CN1CCN(C[C@@H](O)C(C)(C)C)CC1. The van der Waals surface area contributed by atoms with E-state index >= 15 is 0 Å². The molecule has 1 atom stereocenters. The van der Waals surface area contributed by atoms with Crippen molar-refractivity contribution in [3.05, 3.63) is 18.2 Å². The van der Waals surface area contributed by atoms with Crippen LogP contribution in [0.5, 0.6) is 0 Å². The Morgan fingerprint density at radius 2 is 1.80 bits per heavy atom. The van der Waals surface area contributed by atoms with E-state index in [1.54, 1.807) is 0 Å². The van der Waals surface area contributed by atoms with Gasteiger partial charge in [-0.25, -0.2) is 4.98 Å². The molecular formula is C15H28N4O. The summed E-state index contributed by atoms with van der Waals surface area (Å²) < 4.78 is 2.08. The largest absolute Gasteiger partial charge is 0.391 e. The van der Waals surface area contributed by atoms with Gasteiger partial charge in [0.1, 0.15) is 5.82 Å². The predicted octanol–water partition coefficient (Wildman–Crippen LogP) is 0.945. The Morgan fingerprint density at radius 3 is 2.30 bits per heavy atom. The maximum Gasteiger partial charge on any atom is 0.122 e. The minimum atomic E-state index is -0.261. The molecule has 1 saturated heterocycles. The molecule has 0 unspecified atom stereocenters. The molecule has 0 aromatic carbocycles. The van der Waals surface area contributed by atoms with Gasteiger partial charge < -0.3 is 9.67 Å². The lowest BCUT2D eigenvalue weighted by atomic mass is 9.89. The van der Waals surface area contributed by atoms with Crippen LogP contribution in [0.15, 0.2) is 12.4 Å². The lowest BCUT2D eigenvalue weighted by molar-refractivity contribution is 0.0122. The highest BCUT2D eigenvalue weighted by Gasteiger charge is 2.26. The lowest BCUT2D eigenvalue weighted by Gasteiger charge is -2.37. The van der Waals surface area contributed by atoms with E-state index in [1.807, 2.05) is 19.4 Å². The Morgan fingerprint density at radius 1 is 1.20 bits per heavy atom. The van der Waals surface area contributed by atoms with Gasteiger partial charge in [-0.1, -0.05) is 20.8 Å². The van der Waals surface area contributed by atoms with E-state index in [4.69, 9.17) is 0 Å². The van der Waals surface area contributed by atoms with Gasteiger partial charge in [-0.15, -0.1) is 0 Å². The van der Waals surface area contributed by atoms with Gasteiger partial charge in [-0.2, -0.15) is 0 Å². The number of aliphatic hydroxyl groups is 1. The Bertz CT molecular complexity index is 416. The zero-order chi connectivity index (χ0) is 14.8. The summed E-state index contributed by atoms with van der Waals surface area (Å²) in [5.41, 5.74) is -0.0376. The second-order valence-electron chi connectivity index (χ2n) is 6.91. The molecule has 2 rings (SSSR count). The zero-order valence-electron chi connectivity index (χ0n) is 13.2. The summed E-state index contributed by atoms with van der Waals surface area (Å²) in [6.45, 7) is 12.1. The molecule has 1 N–H and O–H groups in total. The zero-order valence-corrected chi connectivity index (χ0v) is 13.2. The van der Waals surface area contributed by atoms with Crippen molar-refractivity contribution in [2.24, 2.45) is 12.5 Å². The molecule has 0 amide bonds. The van der Waals surface area contributed by atoms with Crippen molar-refractivity contribution in [3.63, 3.8) is 0 Å². The van der Waals surface area contributed by atoms with Crippen LogP contribution in [0.25, 0.3) is 0 Å². The summed E-state index contributed by atoms with van der Waals surface area (Å²) in [7, 11) is 2.04. The van der Waals surface area contributed by atoms with E-state index in [0.29, 0.717) is 0 Å². The molecule has 0 bridgehead atoms. The number of hydrogen-bond acceptors (Lipinski definition) is 4. The molecule has 1 aliphatic rings. The summed E-state index contributed by atoms with van der Waals surface area (Å²) >= 11 is 0. The number of imidazole rings is 1. The fourth-order valence-corrected chi connectivity index (χ4v) is 2.40. The highest BCUT2D eigenvalue weighted by molar-refractivity contribution is 4.92. The topological polar surface area (TPSA) is 44.5 Å². The molecule has 5 nitrogen and oxygen atoms in total. The molecule has 114 valence electrons. The van der Waals surface area contributed by atoms with Crippen LogP contribution in [-0.4, -0.2) is 63.3 Å². The van der Waals surface area contributed by atoms with E-state index in [0.717, 1.165) is 45.1 Å². The molecule has 0 aliphatic carbocycles. The molecule has 20 heavy (non-hydrogen) atoms. The van der Waals surface area contributed by atoms with Crippen LogP contribution in [0.2, 0.25) is 0 Å². The number of aliphatic hydroxyl groups excluding tert-OH is 1. The average Bonchev–Trinajstić information content (AvgIpc) is 2.76. The van der Waals surface area contributed by atoms with E-state index in [2.05, 4.69) is 40.1 Å². The molecule has 0 radical (unpaired) electrons. The monoisotopic (exact) mass is 280 g/mol. The summed E-state index contributed by atoms with van der Waals surface area (Å²) in [5.74, 6) is 1.12. The normalized spacial score (nSPS) is 20.2. The molecular weight excluding hydrogens is 252 g/mol. The van der Waals surface area contributed by atoms with Crippen LogP contribution < -0.4 is 0 Å². The summed E-state index contributed by atoms with van der Waals surface area (Å²) in [4.78, 5) is 9.18. The summed E-state index contributed by atoms with van der Waals surface area (Å²) in [6.07, 6.45) is 3.58. The van der Waals surface area contributed by atoms with Gasteiger partial charge in [0.25, 0.3) is 0 Å². The number of aromatic nitrogens is 2. The van der Waals surface area contributed by atoms with Gasteiger partial charge >= 0.3 is 0 Å². The number of piperazine rings is 1. The third-order valence-electron chi connectivity index (χ3n) is 4.18. The number of aryl methyl sites for hydroxylation is 1.